The Kier molecular flexibility index (Phi) is 10.6. The van der Waals surface area contributed by atoms with Crippen molar-refractivity contribution >= 4 is 27.6 Å². The van der Waals surface area contributed by atoms with E-state index in [1.54, 1.807) is 37.3 Å². The number of amidine groups is 1. The molecule has 2 atom stereocenters. The van der Waals surface area contributed by atoms with Gasteiger partial charge in [-0.05, 0) is 49.1 Å². The maximum absolute atomic E-state index is 14.5. The largest absolute Gasteiger partial charge is 0.411 e. The summed E-state index contributed by atoms with van der Waals surface area (Å²) in [5.41, 5.74) is 8.38. The first-order valence-corrected chi connectivity index (χ1v) is 15.7. The first-order valence-electron chi connectivity index (χ1n) is 14.3. The highest BCUT2D eigenvalue weighted by Gasteiger charge is 2.44. The zero-order valence-corrected chi connectivity index (χ0v) is 25.5. The second-order valence-corrected chi connectivity index (χ2v) is 12.5. The molecule has 234 valence electrons. The second-order valence-electron chi connectivity index (χ2n) is 10.6. The molecule has 0 aromatic heterocycles. The number of aliphatic hydroxyl groups excluding tert-OH is 1. The van der Waals surface area contributed by atoms with Crippen molar-refractivity contribution in [1.29, 1.82) is 0 Å². The van der Waals surface area contributed by atoms with Gasteiger partial charge in [0.25, 0.3) is 10.0 Å². The molecule has 1 fully saturated rings. The standard InChI is InChI=1S/C31H38N6O6S/c1-3-4-16-36-31(39)35(20-24-12-8-14-26(17-24)30(32)34-41)28(18-23-10-6-5-7-11-23)29(38)21-37(36)44(42,43)27-15-9-13-25(19-27)22(2)33-40/h5-15,17,19,28-29,38,40-41H,3-4,16,18,20-21H2,1-2H3,(H2,32,34)/b33-22+/t28-,29-/m1/s1. The predicted molar refractivity (Wildman–Crippen MR) is 166 cm³/mol. The summed E-state index contributed by atoms with van der Waals surface area (Å²) in [4.78, 5) is 15.9. The predicted octanol–water partition coefficient (Wildman–Crippen LogP) is 3.60. The summed E-state index contributed by atoms with van der Waals surface area (Å²) in [6.45, 7) is 3.23. The number of hydrazine groups is 1. The highest BCUT2D eigenvalue weighted by Crippen LogP contribution is 2.28. The average molecular weight is 623 g/mol. The van der Waals surface area contributed by atoms with E-state index in [-0.39, 0.29) is 42.5 Å². The maximum Gasteiger partial charge on any atom is 0.336 e. The number of aliphatic hydroxyl groups is 1. The van der Waals surface area contributed by atoms with Crippen LogP contribution in [0.5, 0.6) is 0 Å². The Labute approximate surface area is 257 Å². The molecule has 0 saturated carbocycles. The Morgan fingerprint density at radius 3 is 2.32 bits per heavy atom. The molecule has 0 spiro atoms. The third-order valence-corrected chi connectivity index (χ3v) is 9.35. The number of unbranched alkanes of at least 4 members (excludes halogenated alkanes) is 1. The van der Waals surface area contributed by atoms with E-state index in [1.807, 2.05) is 37.3 Å². The third kappa shape index (κ3) is 7.18. The SMILES string of the molecule is CCCCN1C(=O)N(Cc2cccc(/C(N)=N/O)c2)[C@H](Cc2ccccc2)[C@H](O)CN1S(=O)(=O)c1cccc(/C(C)=N/O)c1. The van der Waals surface area contributed by atoms with Crippen LogP contribution in [0.25, 0.3) is 0 Å². The van der Waals surface area contributed by atoms with E-state index in [2.05, 4.69) is 10.3 Å². The first-order chi connectivity index (χ1) is 21.1. The molecule has 1 saturated heterocycles. The van der Waals surface area contributed by atoms with Gasteiger partial charge in [0.2, 0.25) is 0 Å². The molecule has 3 aromatic carbocycles. The lowest BCUT2D eigenvalue weighted by Crippen LogP contribution is -2.53. The van der Waals surface area contributed by atoms with Crippen LogP contribution in [-0.2, 0) is 23.0 Å². The zero-order valence-electron chi connectivity index (χ0n) is 24.7. The Morgan fingerprint density at radius 1 is 0.955 bits per heavy atom. The number of nitrogens with two attached hydrogens (primary N) is 1. The van der Waals surface area contributed by atoms with Crippen LogP contribution in [0.2, 0.25) is 0 Å². The van der Waals surface area contributed by atoms with Crippen LogP contribution >= 0.6 is 0 Å². The monoisotopic (exact) mass is 622 g/mol. The first kappa shape index (κ1) is 32.5. The second kappa shape index (κ2) is 14.3. The van der Waals surface area contributed by atoms with Crippen molar-refractivity contribution in [2.24, 2.45) is 16.0 Å². The molecule has 3 aromatic rings. The molecular formula is C31H38N6O6S. The molecule has 0 aliphatic carbocycles. The zero-order chi connectivity index (χ0) is 31.9. The van der Waals surface area contributed by atoms with Gasteiger partial charge in [-0.3, -0.25) is 0 Å². The van der Waals surface area contributed by atoms with Gasteiger partial charge in [0.05, 0.1) is 29.3 Å². The number of rotatable bonds is 11. The topological polar surface area (TPSA) is 172 Å². The fourth-order valence-electron chi connectivity index (χ4n) is 5.15. The normalized spacial score (nSPS) is 18.8. The molecule has 0 radical (unpaired) electrons. The van der Waals surface area contributed by atoms with Gasteiger partial charge < -0.3 is 26.2 Å². The van der Waals surface area contributed by atoms with Gasteiger partial charge in [-0.15, -0.1) is 4.41 Å². The number of oxime groups is 2. The minimum absolute atomic E-state index is 0.0259. The molecule has 13 heteroatoms. The quantitative estimate of drug-likeness (QED) is 0.109. The van der Waals surface area contributed by atoms with Crippen molar-refractivity contribution in [2.75, 3.05) is 13.1 Å². The van der Waals surface area contributed by atoms with Crippen molar-refractivity contribution in [1.82, 2.24) is 14.3 Å². The van der Waals surface area contributed by atoms with Gasteiger partial charge in [-0.1, -0.05) is 84.3 Å². The van der Waals surface area contributed by atoms with Gasteiger partial charge in [0.15, 0.2) is 5.84 Å². The number of hydrogen-bond acceptors (Lipinski definition) is 8. The van der Waals surface area contributed by atoms with Gasteiger partial charge in [-0.25, -0.2) is 18.2 Å². The molecule has 12 nitrogen and oxygen atoms in total. The maximum atomic E-state index is 14.5. The number of nitrogens with zero attached hydrogens (tertiary/aromatic N) is 5. The summed E-state index contributed by atoms with van der Waals surface area (Å²) in [5.74, 6) is -0.0968. The molecule has 0 unspecified atom stereocenters. The van der Waals surface area contributed by atoms with Crippen molar-refractivity contribution in [3.63, 3.8) is 0 Å². The smallest absolute Gasteiger partial charge is 0.336 e. The highest BCUT2D eigenvalue weighted by molar-refractivity contribution is 7.89. The van der Waals surface area contributed by atoms with Crippen molar-refractivity contribution < 1.29 is 28.7 Å². The molecular weight excluding hydrogens is 584 g/mol. The fourth-order valence-corrected chi connectivity index (χ4v) is 6.68. The number of β-amino-alcohol motifs (C(OH)–C–C–N with tert-alkyl or cyclic N) is 1. The molecule has 1 heterocycles. The van der Waals surface area contributed by atoms with E-state index in [9.17, 15) is 28.7 Å². The lowest BCUT2D eigenvalue weighted by Gasteiger charge is -2.35. The molecule has 44 heavy (non-hydrogen) atoms. The summed E-state index contributed by atoms with van der Waals surface area (Å²) >= 11 is 0. The number of benzene rings is 3. The summed E-state index contributed by atoms with van der Waals surface area (Å²) in [5, 5.41) is 37.6. The van der Waals surface area contributed by atoms with Crippen LogP contribution in [0.1, 0.15) is 48.9 Å². The van der Waals surface area contributed by atoms with E-state index in [0.29, 0.717) is 29.5 Å². The molecule has 0 bridgehead atoms. The van der Waals surface area contributed by atoms with Crippen molar-refractivity contribution in [3.05, 3.63) is 101 Å². The Morgan fingerprint density at radius 2 is 1.64 bits per heavy atom. The van der Waals surface area contributed by atoms with E-state index < -0.39 is 28.2 Å². The summed E-state index contributed by atoms with van der Waals surface area (Å²) in [6, 6.07) is 20.7. The number of sulfonamides is 1. The van der Waals surface area contributed by atoms with E-state index in [4.69, 9.17) is 5.73 Å². The van der Waals surface area contributed by atoms with Crippen molar-refractivity contribution in [2.45, 2.75) is 56.7 Å². The summed E-state index contributed by atoms with van der Waals surface area (Å²) in [7, 11) is -4.35. The Bertz CT molecular complexity index is 1610. The minimum atomic E-state index is -4.35. The van der Waals surface area contributed by atoms with Crippen LogP contribution in [0.15, 0.2) is 94.1 Å². The van der Waals surface area contributed by atoms with Crippen LogP contribution in [-0.4, -0.2) is 81.1 Å². The molecule has 1 aliphatic heterocycles. The Balaban J connectivity index is 1.82. The summed E-state index contributed by atoms with van der Waals surface area (Å²) in [6.07, 6.45) is 0.208. The van der Waals surface area contributed by atoms with Gasteiger partial charge >= 0.3 is 6.03 Å². The lowest BCUT2D eigenvalue weighted by atomic mass is 9.99. The third-order valence-electron chi connectivity index (χ3n) is 7.60. The van der Waals surface area contributed by atoms with Crippen LogP contribution < -0.4 is 5.73 Å². The van der Waals surface area contributed by atoms with Gasteiger partial charge in [0, 0.05) is 24.2 Å². The van der Waals surface area contributed by atoms with E-state index in [0.717, 1.165) is 9.98 Å². The van der Waals surface area contributed by atoms with Crippen molar-refractivity contribution in [3.8, 4) is 0 Å². The molecule has 1 aliphatic rings. The number of hydrogen-bond donors (Lipinski definition) is 4. The summed E-state index contributed by atoms with van der Waals surface area (Å²) < 4.78 is 29.4. The van der Waals surface area contributed by atoms with Gasteiger partial charge in [-0.2, -0.15) is 0 Å². The van der Waals surface area contributed by atoms with E-state index in [1.165, 1.54) is 28.1 Å². The number of carbonyl (C=O) groups is 1. The van der Waals surface area contributed by atoms with Crippen LogP contribution in [0, 0.1) is 0 Å². The Hall–Kier alpha value is -4.46. The average Bonchev–Trinajstić information content (AvgIpc) is 3.14. The minimum Gasteiger partial charge on any atom is -0.411 e. The fraction of sp³-hybridized carbons (Fsp3) is 0.323. The van der Waals surface area contributed by atoms with Crippen LogP contribution in [0.4, 0.5) is 4.79 Å². The number of amides is 2. The van der Waals surface area contributed by atoms with Crippen LogP contribution in [0.3, 0.4) is 0 Å². The van der Waals surface area contributed by atoms with Gasteiger partial charge in [0.1, 0.15) is 0 Å². The highest BCUT2D eigenvalue weighted by atomic mass is 32.2. The molecule has 5 N–H and O–H groups in total. The molecule has 4 rings (SSSR count). The number of carbonyl (C=O) groups excluding carboxylic acids is 1. The molecule has 2 amide bonds. The lowest BCUT2D eigenvalue weighted by molar-refractivity contribution is 0.0578. The number of urea groups is 1. The van der Waals surface area contributed by atoms with E-state index >= 15 is 0 Å².